The average molecular weight is 791 g/mol. The minimum atomic E-state index is -0.879. The number of ether oxygens (including phenoxy) is 3. The smallest absolute Gasteiger partial charge is 0.261 e. The van der Waals surface area contributed by atoms with E-state index >= 15 is 0 Å². The number of methoxy groups -OCH3 is 2. The maximum Gasteiger partial charge on any atom is 0.261 e. The van der Waals surface area contributed by atoms with Crippen LogP contribution in [0.1, 0.15) is 57.7 Å². The van der Waals surface area contributed by atoms with E-state index in [0.717, 1.165) is 56.0 Å². The molecule has 0 spiro atoms. The van der Waals surface area contributed by atoms with Gasteiger partial charge in [-0.15, -0.1) is 0 Å². The van der Waals surface area contributed by atoms with Gasteiger partial charge in [0.05, 0.1) is 43.5 Å². The van der Waals surface area contributed by atoms with Crippen LogP contribution in [-0.2, 0) is 10.3 Å². The van der Waals surface area contributed by atoms with E-state index in [1.807, 2.05) is 160 Å². The highest BCUT2D eigenvalue weighted by Crippen LogP contribution is 2.42. The van der Waals surface area contributed by atoms with Crippen molar-refractivity contribution in [1.82, 2.24) is 19.8 Å². The van der Waals surface area contributed by atoms with Gasteiger partial charge >= 0.3 is 0 Å². The number of carbonyl (C=O) groups excluding carboxylic acids is 2. The van der Waals surface area contributed by atoms with Gasteiger partial charge in [-0.2, -0.15) is 0 Å². The number of hydrogen-bond acceptors (Lipinski definition) is 8. The van der Waals surface area contributed by atoms with Crippen molar-refractivity contribution >= 4 is 33.6 Å². The van der Waals surface area contributed by atoms with Gasteiger partial charge in [-0.05, 0) is 80.5 Å². The molecule has 8 rings (SSSR count). The van der Waals surface area contributed by atoms with Crippen LogP contribution in [0.25, 0.3) is 33.2 Å². The van der Waals surface area contributed by atoms with Crippen LogP contribution in [0.2, 0.25) is 0 Å². The molecule has 10 heteroatoms. The second-order valence-electron chi connectivity index (χ2n) is 14.9. The highest BCUT2D eigenvalue weighted by Gasteiger charge is 2.39. The Hall–Kier alpha value is -6.33. The fourth-order valence-electron chi connectivity index (χ4n) is 7.42. The van der Waals surface area contributed by atoms with Gasteiger partial charge in [0.2, 0.25) is 0 Å². The SMILES string of the molecule is CCC(O)COC(c1ccccc1)(c1ccc(OC)cc1)c1ccc(OC)cc1.C[C@@H](CN1C(=O)c2cccc3c2c(cc2[nH]c(-c4ccccc4)nc23)C1=O)N(C)C. The van der Waals surface area contributed by atoms with Gasteiger partial charge in [0, 0.05) is 34.5 Å². The van der Waals surface area contributed by atoms with Crippen LogP contribution in [0.4, 0.5) is 0 Å². The topological polar surface area (TPSA) is 117 Å². The van der Waals surface area contributed by atoms with Crippen LogP contribution in [0.5, 0.6) is 11.5 Å². The number of carbonyl (C=O) groups is 2. The number of hydrogen-bond donors (Lipinski definition) is 2. The maximum atomic E-state index is 13.3. The normalized spacial score (nSPS) is 13.7. The second kappa shape index (κ2) is 17.7. The number of aliphatic hydroxyl groups excluding tert-OH is 1. The van der Waals surface area contributed by atoms with Crippen molar-refractivity contribution in [3.8, 4) is 22.9 Å². The fourth-order valence-corrected chi connectivity index (χ4v) is 7.42. The van der Waals surface area contributed by atoms with Crippen molar-refractivity contribution in [2.45, 2.75) is 38.0 Å². The summed E-state index contributed by atoms with van der Waals surface area (Å²) in [7, 11) is 7.18. The van der Waals surface area contributed by atoms with Crippen LogP contribution in [0.15, 0.2) is 133 Å². The van der Waals surface area contributed by atoms with Gasteiger partial charge in [-0.25, -0.2) is 4.98 Å². The summed E-state index contributed by atoms with van der Waals surface area (Å²) in [5.41, 5.74) is 5.65. The molecule has 2 heterocycles. The van der Waals surface area contributed by atoms with E-state index in [4.69, 9.17) is 19.2 Å². The summed E-state index contributed by atoms with van der Waals surface area (Å²) < 4.78 is 17.2. The lowest BCUT2D eigenvalue weighted by Crippen LogP contribution is -2.47. The lowest BCUT2D eigenvalue weighted by Gasteiger charge is -2.36. The first-order chi connectivity index (χ1) is 28.6. The van der Waals surface area contributed by atoms with Gasteiger partial charge in [0.15, 0.2) is 0 Å². The average Bonchev–Trinajstić information content (AvgIpc) is 3.73. The van der Waals surface area contributed by atoms with Crippen LogP contribution >= 0.6 is 0 Å². The van der Waals surface area contributed by atoms with Crippen molar-refractivity contribution in [1.29, 1.82) is 0 Å². The third-order valence-electron chi connectivity index (χ3n) is 11.1. The fraction of sp³-hybridized carbons (Fsp3) is 0.245. The molecule has 0 saturated carbocycles. The van der Waals surface area contributed by atoms with Crippen molar-refractivity contribution in [2.75, 3.05) is 41.5 Å². The minimum absolute atomic E-state index is 0.0548. The third kappa shape index (κ3) is 8.07. The molecule has 7 aromatic rings. The zero-order valence-electron chi connectivity index (χ0n) is 34.3. The number of benzene rings is 6. The molecule has 2 amide bonds. The van der Waals surface area contributed by atoms with Crippen LogP contribution in [0.3, 0.4) is 0 Å². The van der Waals surface area contributed by atoms with E-state index in [2.05, 4.69) is 4.98 Å². The Balaban J connectivity index is 0.000000179. The van der Waals surface area contributed by atoms with E-state index in [-0.39, 0.29) is 24.5 Å². The Bertz CT molecular complexity index is 2490. The quantitative estimate of drug-likeness (QED) is 0.0881. The lowest BCUT2D eigenvalue weighted by molar-refractivity contribution is -0.0387. The first kappa shape index (κ1) is 40.9. The molecule has 0 saturated heterocycles. The molecule has 59 heavy (non-hydrogen) atoms. The summed E-state index contributed by atoms with van der Waals surface area (Å²) in [4.78, 5) is 38.0. The van der Waals surface area contributed by atoms with Crippen LogP contribution in [0, 0.1) is 0 Å². The monoisotopic (exact) mass is 790 g/mol. The van der Waals surface area contributed by atoms with Crippen LogP contribution in [-0.4, -0.2) is 90.3 Å². The first-order valence-electron chi connectivity index (χ1n) is 19.8. The summed E-state index contributed by atoms with van der Waals surface area (Å²) in [5, 5.41) is 11.8. The molecule has 1 unspecified atom stereocenters. The molecule has 10 nitrogen and oxygen atoms in total. The van der Waals surface area contributed by atoms with Crippen molar-refractivity contribution in [2.24, 2.45) is 0 Å². The molecule has 0 bridgehead atoms. The Labute approximate surface area is 345 Å². The summed E-state index contributed by atoms with van der Waals surface area (Å²) in [6, 6.07) is 43.2. The molecular weight excluding hydrogens is 741 g/mol. The van der Waals surface area contributed by atoms with E-state index in [1.165, 1.54) is 4.90 Å². The molecule has 1 aliphatic rings. The largest absolute Gasteiger partial charge is 0.497 e. The Morgan fingerprint density at radius 1 is 0.746 bits per heavy atom. The summed E-state index contributed by atoms with van der Waals surface area (Å²) >= 11 is 0. The Morgan fingerprint density at radius 3 is 1.86 bits per heavy atom. The number of rotatable bonds is 13. The zero-order chi connectivity index (χ0) is 41.7. The third-order valence-corrected chi connectivity index (χ3v) is 11.1. The molecular formula is C49H50N4O6. The molecule has 1 aromatic heterocycles. The predicted octanol–water partition coefficient (Wildman–Crippen LogP) is 8.71. The first-order valence-corrected chi connectivity index (χ1v) is 19.8. The van der Waals surface area contributed by atoms with E-state index in [1.54, 1.807) is 20.3 Å². The molecule has 1 aliphatic heterocycles. The standard InChI is InChI=1S/C25H28O4.C24H22N4O2/c1-4-22(26)18-29-25(19-8-6-5-7-9-19,20-10-14-23(27-2)15-11-20)21-12-16-24(28-3)17-13-21;1-14(27(2)3)13-28-23(29)17-11-7-10-16-20(17)18(24(28)30)12-19-21(16)26-22(25-19)15-8-5-4-6-9-15/h5-17,22,26H,4,18H2,1-3H3;4-12,14H,13H2,1-3H3,(H,25,26)/t;14-/m.0/s1. The minimum Gasteiger partial charge on any atom is -0.497 e. The predicted molar refractivity (Wildman–Crippen MR) is 232 cm³/mol. The molecule has 6 aromatic carbocycles. The van der Waals surface area contributed by atoms with Crippen molar-refractivity contribution in [3.05, 3.63) is 161 Å². The van der Waals surface area contributed by atoms with Crippen LogP contribution < -0.4 is 9.47 Å². The summed E-state index contributed by atoms with van der Waals surface area (Å²) in [6.45, 7) is 4.50. The lowest BCUT2D eigenvalue weighted by atomic mass is 9.80. The summed E-state index contributed by atoms with van der Waals surface area (Å²) in [6.07, 6.45) is 0.0744. The van der Waals surface area contributed by atoms with Gasteiger partial charge in [-0.3, -0.25) is 14.5 Å². The summed E-state index contributed by atoms with van der Waals surface area (Å²) in [5.74, 6) is 1.80. The maximum absolute atomic E-state index is 13.3. The molecule has 302 valence electrons. The number of amides is 2. The molecule has 0 radical (unpaired) electrons. The number of aliphatic hydroxyl groups is 1. The van der Waals surface area contributed by atoms with Crippen molar-refractivity contribution in [3.63, 3.8) is 0 Å². The molecule has 2 atom stereocenters. The Kier molecular flexibility index (Phi) is 12.2. The number of aromatic amines is 1. The van der Waals surface area contributed by atoms with Gasteiger partial charge in [0.1, 0.15) is 22.9 Å². The van der Waals surface area contributed by atoms with E-state index in [0.29, 0.717) is 29.5 Å². The number of aromatic nitrogens is 2. The number of fused-ring (bicyclic) bond motifs is 2. The van der Waals surface area contributed by atoms with Gasteiger partial charge < -0.3 is 29.2 Å². The highest BCUT2D eigenvalue weighted by molar-refractivity contribution is 6.28. The molecule has 0 fully saturated rings. The second-order valence-corrected chi connectivity index (χ2v) is 14.9. The van der Waals surface area contributed by atoms with Gasteiger partial charge in [0.25, 0.3) is 11.8 Å². The number of imidazole rings is 1. The van der Waals surface area contributed by atoms with Gasteiger partial charge in [-0.1, -0.05) is 104 Å². The van der Waals surface area contributed by atoms with E-state index < -0.39 is 11.7 Å². The number of imide groups is 1. The van der Waals surface area contributed by atoms with Crippen molar-refractivity contribution < 1.29 is 28.9 Å². The molecule has 0 aliphatic carbocycles. The Morgan fingerprint density at radius 2 is 1.31 bits per heavy atom. The number of H-pyrrole nitrogens is 1. The number of nitrogens with zero attached hydrogens (tertiary/aromatic N) is 3. The number of nitrogens with one attached hydrogen (secondary N) is 1. The highest BCUT2D eigenvalue weighted by atomic mass is 16.5. The van der Waals surface area contributed by atoms with E-state index in [9.17, 15) is 14.7 Å². The number of likely N-dealkylation sites (N-methyl/N-ethyl adjacent to an activating group) is 1. The zero-order valence-corrected chi connectivity index (χ0v) is 34.3. The molecule has 2 N–H and O–H groups in total.